The number of hydrogen-bond donors (Lipinski definition) is 1. The first kappa shape index (κ1) is 20.2. The van der Waals surface area contributed by atoms with Crippen LogP contribution in [0.2, 0.25) is 0 Å². The second-order valence-electron chi connectivity index (χ2n) is 6.43. The number of non-ortho nitro benzene ring substituents is 1. The molecule has 0 radical (unpaired) electrons. The fourth-order valence-electron chi connectivity index (χ4n) is 3.00. The zero-order valence-electron chi connectivity index (χ0n) is 15.2. The highest BCUT2D eigenvalue weighted by Gasteiger charge is 2.35. The van der Waals surface area contributed by atoms with Gasteiger partial charge in [-0.1, -0.05) is 19.3 Å². The number of methoxy groups -OCH3 is 1. The predicted octanol–water partition coefficient (Wildman–Crippen LogP) is 2.49. The lowest BCUT2D eigenvalue weighted by molar-refractivity contribution is -0.384. The number of nitriles is 1. The number of nitrogens with one attached hydrogen (secondary N) is 1. The quantitative estimate of drug-likeness (QED) is 0.459. The number of nitro benzene ring substituents is 1. The average Bonchev–Trinajstić information content (AvgIpc) is 2.67. The van der Waals surface area contributed by atoms with Crippen molar-refractivity contribution >= 4 is 17.6 Å². The molecular weight excluding hydrogens is 354 g/mol. The highest BCUT2D eigenvalue weighted by molar-refractivity contribution is 5.95. The van der Waals surface area contributed by atoms with Crippen molar-refractivity contribution in [3.63, 3.8) is 0 Å². The monoisotopic (exact) mass is 375 g/mol. The molecule has 9 heteroatoms. The van der Waals surface area contributed by atoms with Gasteiger partial charge in [0.2, 0.25) is 0 Å². The molecule has 0 spiro atoms. The topological polar surface area (TPSA) is 132 Å². The van der Waals surface area contributed by atoms with Gasteiger partial charge in [0.15, 0.2) is 6.10 Å². The summed E-state index contributed by atoms with van der Waals surface area (Å²) in [5.41, 5.74) is -1.40. The number of amides is 1. The van der Waals surface area contributed by atoms with Crippen LogP contribution in [-0.4, -0.2) is 35.6 Å². The summed E-state index contributed by atoms with van der Waals surface area (Å²) in [6.07, 6.45) is 2.62. The molecule has 9 nitrogen and oxygen atoms in total. The standard InChI is InChI=1S/C18H21N3O6/c1-12(16(22)20-18(11-19)8-4-3-5-9-18)27-17(23)14-10-13(21(24)25)6-7-15(14)26-2/h6-7,10,12H,3-5,8-9H2,1-2H3,(H,20,22)/t12-/m0/s1. The summed E-state index contributed by atoms with van der Waals surface area (Å²) in [6, 6.07) is 5.67. The zero-order valence-corrected chi connectivity index (χ0v) is 15.2. The number of nitro groups is 1. The highest BCUT2D eigenvalue weighted by atomic mass is 16.6. The summed E-state index contributed by atoms with van der Waals surface area (Å²) < 4.78 is 10.2. The second-order valence-corrected chi connectivity index (χ2v) is 6.43. The Labute approximate surface area is 156 Å². The number of esters is 1. The van der Waals surface area contributed by atoms with E-state index in [1.807, 2.05) is 0 Å². The number of hydrogen-bond acceptors (Lipinski definition) is 7. The molecule has 0 saturated heterocycles. The van der Waals surface area contributed by atoms with Crippen molar-refractivity contribution in [1.82, 2.24) is 5.32 Å². The largest absolute Gasteiger partial charge is 0.496 e. The summed E-state index contributed by atoms with van der Waals surface area (Å²) >= 11 is 0. The Bertz CT molecular complexity index is 780. The summed E-state index contributed by atoms with van der Waals surface area (Å²) in [4.78, 5) is 35.0. The molecular formula is C18H21N3O6. The molecule has 27 heavy (non-hydrogen) atoms. The summed E-state index contributed by atoms with van der Waals surface area (Å²) in [5, 5.41) is 23.0. The van der Waals surface area contributed by atoms with Gasteiger partial charge in [-0.15, -0.1) is 0 Å². The van der Waals surface area contributed by atoms with Crippen LogP contribution < -0.4 is 10.1 Å². The molecule has 144 valence electrons. The Morgan fingerprint density at radius 1 is 1.33 bits per heavy atom. The van der Waals surface area contributed by atoms with Crippen LogP contribution in [0.1, 0.15) is 49.4 Å². The van der Waals surface area contributed by atoms with E-state index in [-0.39, 0.29) is 17.0 Å². The van der Waals surface area contributed by atoms with Gasteiger partial charge in [0.1, 0.15) is 16.9 Å². The summed E-state index contributed by atoms with van der Waals surface area (Å²) in [5.74, 6) is -1.41. The SMILES string of the molecule is COc1ccc([N+](=O)[O-])cc1C(=O)O[C@@H](C)C(=O)NC1(C#N)CCCCC1. The van der Waals surface area contributed by atoms with E-state index < -0.39 is 28.4 Å². The minimum Gasteiger partial charge on any atom is -0.496 e. The molecule has 0 heterocycles. The number of carbonyl (C=O) groups is 2. The lowest BCUT2D eigenvalue weighted by Gasteiger charge is -2.32. The van der Waals surface area contributed by atoms with Crippen molar-refractivity contribution in [2.24, 2.45) is 0 Å². The van der Waals surface area contributed by atoms with Crippen molar-refractivity contribution in [3.8, 4) is 11.8 Å². The molecule has 0 aliphatic heterocycles. The first-order valence-corrected chi connectivity index (χ1v) is 8.58. The predicted molar refractivity (Wildman–Crippen MR) is 94.1 cm³/mol. The molecule has 1 aromatic carbocycles. The van der Waals surface area contributed by atoms with Crippen molar-refractivity contribution < 1.29 is 24.0 Å². The van der Waals surface area contributed by atoms with Crippen LogP contribution in [0, 0.1) is 21.4 Å². The molecule has 0 aromatic heterocycles. The molecule has 0 bridgehead atoms. The van der Waals surface area contributed by atoms with E-state index in [9.17, 15) is 25.0 Å². The minimum atomic E-state index is -1.17. The van der Waals surface area contributed by atoms with E-state index in [1.165, 1.54) is 26.2 Å². The maximum absolute atomic E-state index is 12.4. The molecule has 1 atom stereocenters. The number of benzene rings is 1. The van der Waals surface area contributed by atoms with Crippen LogP contribution in [0.5, 0.6) is 5.75 Å². The molecule has 0 unspecified atom stereocenters. The Morgan fingerprint density at radius 3 is 2.56 bits per heavy atom. The van der Waals surface area contributed by atoms with Crippen LogP contribution in [-0.2, 0) is 9.53 Å². The van der Waals surface area contributed by atoms with Crippen molar-refractivity contribution in [2.45, 2.75) is 50.7 Å². The average molecular weight is 375 g/mol. The van der Waals surface area contributed by atoms with E-state index in [1.54, 1.807) is 0 Å². The first-order valence-electron chi connectivity index (χ1n) is 8.58. The fourth-order valence-corrected chi connectivity index (χ4v) is 3.00. The van der Waals surface area contributed by atoms with E-state index >= 15 is 0 Å². The molecule has 1 saturated carbocycles. The molecule has 1 fully saturated rings. The van der Waals surface area contributed by atoms with Gasteiger partial charge in [-0.05, 0) is 25.8 Å². The van der Waals surface area contributed by atoms with Gasteiger partial charge >= 0.3 is 5.97 Å². The first-order chi connectivity index (χ1) is 12.8. The molecule has 2 rings (SSSR count). The second kappa shape index (κ2) is 8.49. The normalized spacial score (nSPS) is 16.5. The van der Waals surface area contributed by atoms with Crippen molar-refractivity contribution in [2.75, 3.05) is 7.11 Å². The van der Waals surface area contributed by atoms with Gasteiger partial charge in [-0.3, -0.25) is 14.9 Å². The van der Waals surface area contributed by atoms with Gasteiger partial charge in [0, 0.05) is 12.1 Å². The third-order valence-electron chi connectivity index (χ3n) is 4.55. The number of rotatable bonds is 6. The van der Waals surface area contributed by atoms with Crippen LogP contribution in [0.25, 0.3) is 0 Å². The smallest absolute Gasteiger partial charge is 0.342 e. The minimum absolute atomic E-state index is 0.0963. The van der Waals surface area contributed by atoms with Gasteiger partial charge in [-0.2, -0.15) is 5.26 Å². The Kier molecular flexibility index (Phi) is 6.34. The van der Waals surface area contributed by atoms with E-state index in [0.29, 0.717) is 12.8 Å². The molecule has 1 aromatic rings. The van der Waals surface area contributed by atoms with Crippen LogP contribution in [0.3, 0.4) is 0 Å². The van der Waals surface area contributed by atoms with Gasteiger partial charge < -0.3 is 14.8 Å². The Morgan fingerprint density at radius 2 is 2.00 bits per heavy atom. The van der Waals surface area contributed by atoms with Gasteiger partial charge in [-0.25, -0.2) is 4.79 Å². The zero-order chi connectivity index (χ0) is 20.0. The van der Waals surface area contributed by atoms with Gasteiger partial charge in [0.25, 0.3) is 11.6 Å². The maximum atomic E-state index is 12.4. The van der Waals surface area contributed by atoms with Crippen molar-refractivity contribution in [3.05, 3.63) is 33.9 Å². The Balaban J connectivity index is 2.10. The number of carbonyl (C=O) groups excluding carboxylic acids is 2. The lowest BCUT2D eigenvalue weighted by atomic mass is 9.83. The lowest BCUT2D eigenvalue weighted by Crippen LogP contribution is -2.52. The fraction of sp³-hybridized carbons (Fsp3) is 0.500. The maximum Gasteiger partial charge on any atom is 0.342 e. The van der Waals surface area contributed by atoms with Crippen LogP contribution in [0.15, 0.2) is 18.2 Å². The van der Waals surface area contributed by atoms with E-state index in [0.717, 1.165) is 25.3 Å². The third kappa shape index (κ3) is 4.73. The molecule has 1 aliphatic rings. The summed E-state index contributed by atoms with van der Waals surface area (Å²) in [7, 11) is 1.31. The van der Waals surface area contributed by atoms with Crippen LogP contribution in [0.4, 0.5) is 5.69 Å². The molecule has 1 amide bonds. The third-order valence-corrected chi connectivity index (χ3v) is 4.55. The Hall–Kier alpha value is -3.15. The highest BCUT2D eigenvalue weighted by Crippen LogP contribution is 2.28. The number of nitrogens with zero attached hydrogens (tertiary/aromatic N) is 2. The number of ether oxygens (including phenoxy) is 2. The van der Waals surface area contributed by atoms with Crippen LogP contribution >= 0.6 is 0 Å². The van der Waals surface area contributed by atoms with E-state index in [4.69, 9.17) is 9.47 Å². The molecule has 1 N–H and O–H groups in total. The summed E-state index contributed by atoms with van der Waals surface area (Å²) in [6.45, 7) is 1.38. The van der Waals surface area contributed by atoms with Crippen molar-refractivity contribution in [1.29, 1.82) is 5.26 Å². The molecule has 1 aliphatic carbocycles. The van der Waals surface area contributed by atoms with E-state index in [2.05, 4.69) is 11.4 Å². The van der Waals surface area contributed by atoms with Gasteiger partial charge in [0.05, 0.1) is 18.1 Å².